The quantitative estimate of drug-likeness (QED) is 0.865. The summed E-state index contributed by atoms with van der Waals surface area (Å²) in [6.45, 7) is 1.97. The van der Waals surface area contributed by atoms with E-state index in [0.29, 0.717) is 5.02 Å². The molecule has 0 bridgehead atoms. The Labute approximate surface area is 137 Å². The van der Waals surface area contributed by atoms with E-state index in [4.69, 9.17) is 11.6 Å². The van der Waals surface area contributed by atoms with Crippen molar-refractivity contribution in [1.29, 1.82) is 0 Å². The number of hydrogen-bond acceptors (Lipinski definition) is 2. The van der Waals surface area contributed by atoms with Gasteiger partial charge in [-0.25, -0.2) is 4.39 Å². The summed E-state index contributed by atoms with van der Waals surface area (Å²) >= 11 is 9.69. The summed E-state index contributed by atoms with van der Waals surface area (Å²) in [5.74, 6) is -0.310. The number of nitrogens with one attached hydrogen (secondary N) is 1. The standard InChI is InChI=1S/C15H18BrClFN3/c1-9-15(16)14(21(3)20-9)8-12(19-2)6-10-4-5-11(18)7-13(10)17/h4-5,7,12,19H,6,8H2,1-3H3. The smallest absolute Gasteiger partial charge is 0.124 e. The Morgan fingerprint density at radius 3 is 2.67 bits per heavy atom. The van der Waals surface area contributed by atoms with Crippen LogP contribution in [-0.4, -0.2) is 22.9 Å². The summed E-state index contributed by atoms with van der Waals surface area (Å²) in [6, 6.07) is 4.73. The Morgan fingerprint density at radius 2 is 2.14 bits per heavy atom. The van der Waals surface area contributed by atoms with Gasteiger partial charge >= 0.3 is 0 Å². The van der Waals surface area contributed by atoms with Crippen molar-refractivity contribution in [3.8, 4) is 0 Å². The Bertz CT molecular complexity index is 642. The van der Waals surface area contributed by atoms with Crippen LogP contribution in [0.3, 0.4) is 0 Å². The van der Waals surface area contributed by atoms with Crippen molar-refractivity contribution >= 4 is 27.5 Å². The molecule has 0 radical (unpaired) electrons. The van der Waals surface area contributed by atoms with Crippen LogP contribution in [0.2, 0.25) is 5.02 Å². The van der Waals surface area contributed by atoms with E-state index in [1.165, 1.54) is 12.1 Å². The summed E-state index contributed by atoms with van der Waals surface area (Å²) in [4.78, 5) is 0. The largest absolute Gasteiger partial charge is 0.316 e. The normalized spacial score (nSPS) is 12.7. The molecule has 114 valence electrons. The molecule has 0 aliphatic carbocycles. The Balaban J connectivity index is 2.17. The molecule has 0 aliphatic rings. The topological polar surface area (TPSA) is 29.9 Å². The molecule has 2 aromatic rings. The summed E-state index contributed by atoms with van der Waals surface area (Å²) in [5, 5.41) is 8.16. The van der Waals surface area contributed by atoms with Crippen molar-refractivity contribution < 1.29 is 4.39 Å². The summed E-state index contributed by atoms with van der Waals surface area (Å²) in [6.07, 6.45) is 1.54. The van der Waals surface area contributed by atoms with E-state index in [-0.39, 0.29) is 11.9 Å². The predicted molar refractivity (Wildman–Crippen MR) is 87.3 cm³/mol. The lowest BCUT2D eigenvalue weighted by molar-refractivity contribution is 0.532. The van der Waals surface area contributed by atoms with Gasteiger partial charge < -0.3 is 5.32 Å². The molecule has 2 rings (SSSR count). The molecule has 1 N–H and O–H groups in total. The zero-order valence-electron chi connectivity index (χ0n) is 12.3. The third kappa shape index (κ3) is 3.84. The van der Waals surface area contributed by atoms with E-state index in [1.807, 2.05) is 25.7 Å². The minimum Gasteiger partial charge on any atom is -0.316 e. The lowest BCUT2D eigenvalue weighted by atomic mass is 10.0. The molecule has 3 nitrogen and oxygen atoms in total. The number of halogens is 3. The summed E-state index contributed by atoms with van der Waals surface area (Å²) in [5.41, 5.74) is 3.04. The number of aryl methyl sites for hydroxylation is 2. The predicted octanol–water partition coefficient (Wildman–Crippen LogP) is 3.66. The fourth-order valence-electron chi connectivity index (χ4n) is 2.36. The minimum atomic E-state index is -0.310. The molecule has 0 saturated heterocycles. The second kappa shape index (κ2) is 6.90. The molecule has 0 amide bonds. The van der Waals surface area contributed by atoms with E-state index in [1.54, 1.807) is 6.07 Å². The first-order valence-corrected chi connectivity index (χ1v) is 7.88. The van der Waals surface area contributed by atoms with Gasteiger partial charge in [0.15, 0.2) is 0 Å². The molecule has 1 aromatic heterocycles. The summed E-state index contributed by atoms with van der Waals surface area (Å²) in [7, 11) is 3.85. The second-order valence-corrected chi connectivity index (χ2v) is 6.30. The maximum absolute atomic E-state index is 13.1. The number of rotatable bonds is 5. The zero-order chi connectivity index (χ0) is 15.6. The van der Waals surface area contributed by atoms with Gasteiger partial charge in [0.2, 0.25) is 0 Å². The highest BCUT2D eigenvalue weighted by Gasteiger charge is 2.17. The maximum Gasteiger partial charge on any atom is 0.124 e. The molecule has 1 unspecified atom stereocenters. The number of hydrogen-bond donors (Lipinski definition) is 1. The van der Waals surface area contributed by atoms with Gasteiger partial charge in [-0.2, -0.15) is 5.10 Å². The molecule has 1 heterocycles. The van der Waals surface area contributed by atoms with Crippen LogP contribution in [0.15, 0.2) is 22.7 Å². The van der Waals surface area contributed by atoms with Crippen molar-refractivity contribution in [2.75, 3.05) is 7.05 Å². The molecule has 21 heavy (non-hydrogen) atoms. The van der Waals surface area contributed by atoms with Gasteiger partial charge in [-0.3, -0.25) is 4.68 Å². The van der Waals surface area contributed by atoms with Gasteiger partial charge in [0.25, 0.3) is 0 Å². The van der Waals surface area contributed by atoms with Crippen molar-refractivity contribution in [2.24, 2.45) is 7.05 Å². The van der Waals surface area contributed by atoms with E-state index < -0.39 is 0 Å². The van der Waals surface area contributed by atoms with Crippen molar-refractivity contribution in [3.63, 3.8) is 0 Å². The van der Waals surface area contributed by atoms with Gasteiger partial charge in [0.05, 0.1) is 15.9 Å². The lowest BCUT2D eigenvalue weighted by Crippen LogP contribution is -2.31. The van der Waals surface area contributed by atoms with Crippen molar-refractivity contribution in [2.45, 2.75) is 25.8 Å². The highest BCUT2D eigenvalue weighted by Crippen LogP contribution is 2.24. The van der Waals surface area contributed by atoms with Crippen LogP contribution >= 0.6 is 27.5 Å². The molecule has 0 fully saturated rings. The van der Waals surface area contributed by atoms with Gasteiger partial charge in [0, 0.05) is 24.5 Å². The van der Waals surface area contributed by atoms with Crippen LogP contribution < -0.4 is 5.32 Å². The van der Waals surface area contributed by atoms with Gasteiger partial charge in [-0.05, 0) is 54.0 Å². The highest BCUT2D eigenvalue weighted by molar-refractivity contribution is 9.10. The first kappa shape index (κ1) is 16.5. The fraction of sp³-hybridized carbons (Fsp3) is 0.400. The third-order valence-corrected chi connectivity index (χ3v) is 4.97. The van der Waals surface area contributed by atoms with Gasteiger partial charge in [-0.15, -0.1) is 0 Å². The molecular formula is C15H18BrClFN3. The van der Waals surface area contributed by atoms with Crippen molar-refractivity contribution in [3.05, 3.63) is 50.5 Å². The lowest BCUT2D eigenvalue weighted by Gasteiger charge is -2.17. The van der Waals surface area contributed by atoms with Crippen LogP contribution in [0.1, 0.15) is 17.0 Å². The average Bonchev–Trinajstić information content (AvgIpc) is 2.67. The van der Waals surface area contributed by atoms with Crippen LogP contribution in [0.25, 0.3) is 0 Å². The van der Waals surface area contributed by atoms with Crippen LogP contribution in [-0.2, 0) is 19.9 Å². The number of benzene rings is 1. The molecule has 0 spiro atoms. The minimum absolute atomic E-state index is 0.194. The Kier molecular flexibility index (Phi) is 5.41. The van der Waals surface area contributed by atoms with E-state index >= 15 is 0 Å². The monoisotopic (exact) mass is 373 g/mol. The average molecular weight is 375 g/mol. The Morgan fingerprint density at radius 1 is 1.43 bits per heavy atom. The van der Waals surface area contributed by atoms with Crippen molar-refractivity contribution in [1.82, 2.24) is 15.1 Å². The molecule has 0 aliphatic heterocycles. The zero-order valence-corrected chi connectivity index (χ0v) is 14.6. The van der Waals surface area contributed by atoms with Gasteiger partial charge in [0.1, 0.15) is 5.82 Å². The summed E-state index contributed by atoms with van der Waals surface area (Å²) < 4.78 is 16.0. The van der Waals surface area contributed by atoms with Crippen LogP contribution in [0.5, 0.6) is 0 Å². The SMILES string of the molecule is CNC(Cc1ccc(F)cc1Cl)Cc1c(Br)c(C)nn1C. The van der Waals surface area contributed by atoms with Crippen LogP contribution in [0, 0.1) is 12.7 Å². The van der Waals surface area contributed by atoms with Gasteiger partial charge in [-0.1, -0.05) is 17.7 Å². The fourth-order valence-corrected chi connectivity index (χ4v) is 3.11. The van der Waals surface area contributed by atoms with E-state index in [9.17, 15) is 4.39 Å². The van der Waals surface area contributed by atoms with Crippen LogP contribution in [0.4, 0.5) is 4.39 Å². The first-order valence-electron chi connectivity index (χ1n) is 6.71. The van der Waals surface area contributed by atoms with E-state index in [2.05, 4.69) is 26.3 Å². The third-order valence-electron chi connectivity index (χ3n) is 3.59. The number of aromatic nitrogens is 2. The molecular weight excluding hydrogens is 357 g/mol. The Hall–Kier alpha value is -0.910. The number of likely N-dealkylation sites (N-methyl/N-ethyl adjacent to an activating group) is 1. The molecule has 6 heteroatoms. The highest BCUT2D eigenvalue weighted by atomic mass is 79.9. The second-order valence-electron chi connectivity index (χ2n) is 5.10. The maximum atomic E-state index is 13.1. The molecule has 0 saturated carbocycles. The molecule has 1 aromatic carbocycles. The number of nitrogens with zero attached hydrogens (tertiary/aromatic N) is 2. The van der Waals surface area contributed by atoms with E-state index in [0.717, 1.165) is 34.3 Å². The molecule has 1 atom stereocenters. The first-order chi connectivity index (χ1) is 9.92.